The van der Waals surface area contributed by atoms with Crippen LogP contribution in [0.5, 0.6) is 5.75 Å². The second-order valence-corrected chi connectivity index (χ2v) is 8.32. The first-order valence-corrected chi connectivity index (χ1v) is 10.9. The van der Waals surface area contributed by atoms with Gasteiger partial charge in [-0.3, -0.25) is 19.5 Å². The van der Waals surface area contributed by atoms with Crippen molar-refractivity contribution in [3.05, 3.63) is 95.3 Å². The molecule has 1 N–H and O–H groups in total. The van der Waals surface area contributed by atoms with Crippen LogP contribution in [-0.2, 0) is 9.59 Å². The van der Waals surface area contributed by atoms with E-state index in [1.54, 1.807) is 72.9 Å². The van der Waals surface area contributed by atoms with E-state index in [2.05, 4.69) is 4.98 Å². The maximum absolute atomic E-state index is 13.2. The van der Waals surface area contributed by atoms with Crippen LogP contribution in [0.15, 0.2) is 78.5 Å². The minimum Gasteiger partial charge on any atom is -0.507 e. The molecule has 1 aliphatic heterocycles. The normalized spacial score (nSPS) is 17.1. The van der Waals surface area contributed by atoms with Gasteiger partial charge in [-0.15, -0.1) is 0 Å². The maximum atomic E-state index is 13.2. The Bertz CT molecular complexity index is 1290. The molecule has 0 saturated carbocycles. The van der Waals surface area contributed by atoms with Crippen LogP contribution in [0.25, 0.3) is 5.76 Å². The molecule has 7 heteroatoms. The molecule has 2 aromatic carbocycles. The van der Waals surface area contributed by atoms with Crippen LogP contribution in [0.1, 0.15) is 36.7 Å². The van der Waals surface area contributed by atoms with Gasteiger partial charge in [0, 0.05) is 17.4 Å². The molecule has 34 heavy (non-hydrogen) atoms. The molecule has 3 aromatic rings. The zero-order valence-electron chi connectivity index (χ0n) is 18.8. The smallest absolute Gasteiger partial charge is 0.300 e. The molecular weight excluding hydrogens is 430 g/mol. The highest BCUT2D eigenvalue weighted by Gasteiger charge is 2.47. The summed E-state index contributed by atoms with van der Waals surface area (Å²) in [6, 6.07) is 19.4. The maximum Gasteiger partial charge on any atom is 0.300 e. The van der Waals surface area contributed by atoms with Crippen molar-refractivity contribution >= 4 is 23.1 Å². The summed E-state index contributed by atoms with van der Waals surface area (Å²) < 4.78 is 5.76. The van der Waals surface area contributed by atoms with E-state index in [1.165, 1.54) is 4.90 Å². The number of ether oxygens (including phenoxy) is 1. The minimum atomic E-state index is -0.936. The van der Waals surface area contributed by atoms with Crippen LogP contribution < -0.4 is 9.64 Å². The van der Waals surface area contributed by atoms with Gasteiger partial charge in [0.25, 0.3) is 11.7 Å². The first-order chi connectivity index (χ1) is 16.4. The number of nitrogens with zero attached hydrogens (tertiary/aromatic N) is 3. The van der Waals surface area contributed by atoms with E-state index in [4.69, 9.17) is 10.00 Å². The third-order valence-electron chi connectivity index (χ3n) is 5.38. The number of aromatic nitrogens is 1. The zero-order chi connectivity index (χ0) is 24.2. The predicted molar refractivity (Wildman–Crippen MR) is 127 cm³/mol. The number of anilines is 1. The Morgan fingerprint density at radius 1 is 1.12 bits per heavy atom. The van der Waals surface area contributed by atoms with Gasteiger partial charge in [0.05, 0.1) is 29.5 Å². The fourth-order valence-corrected chi connectivity index (χ4v) is 3.76. The summed E-state index contributed by atoms with van der Waals surface area (Å²) in [6.07, 6.45) is 1.56. The topological polar surface area (TPSA) is 104 Å². The zero-order valence-corrected chi connectivity index (χ0v) is 18.8. The number of amides is 1. The fourth-order valence-electron chi connectivity index (χ4n) is 3.76. The third-order valence-corrected chi connectivity index (χ3v) is 5.38. The third kappa shape index (κ3) is 4.39. The summed E-state index contributed by atoms with van der Waals surface area (Å²) in [4.78, 5) is 32.0. The van der Waals surface area contributed by atoms with Crippen molar-refractivity contribution in [2.45, 2.75) is 19.9 Å². The van der Waals surface area contributed by atoms with Crippen molar-refractivity contribution in [2.75, 3.05) is 11.5 Å². The lowest BCUT2D eigenvalue weighted by Gasteiger charge is -2.24. The van der Waals surface area contributed by atoms with Crippen LogP contribution in [0.4, 0.5) is 5.69 Å². The van der Waals surface area contributed by atoms with Crippen LogP contribution in [0.3, 0.4) is 0 Å². The number of pyridine rings is 1. The van der Waals surface area contributed by atoms with E-state index in [0.29, 0.717) is 40.8 Å². The molecule has 1 unspecified atom stereocenters. The van der Waals surface area contributed by atoms with Gasteiger partial charge in [-0.25, -0.2) is 0 Å². The number of hydrogen-bond acceptors (Lipinski definition) is 6. The van der Waals surface area contributed by atoms with Crippen molar-refractivity contribution in [3.63, 3.8) is 0 Å². The summed E-state index contributed by atoms with van der Waals surface area (Å²) >= 11 is 0. The van der Waals surface area contributed by atoms with Gasteiger partial charge in [0.15, 0.2) is 0 Å². The number of ketones is 1. The van der Waals surface area contributed by atoms with E-state index in [0.717, 1.165) is 0 Å². The first-order valence-electron chi connectivity index (χ1n) is 10.9. The van der Waals surface area contributed by atoms with Gasteiger partial charge >= 0.3 is 0 Å². The molecule has 1 saturated heterocycles. The Kier molecular flexibility index (Phi) is 6.42. The molecule has 170 valence electrons. The molecule has 0 aliphatic carbocycles. The van der Waals surface area contributed by atoms with Crippen molar-refractivity contribution in [2.24, 2.45) is 5.92 Å². The lowest BCUT2D eigenvalue weighted by molar-refractivity contribution is -0.132. The van der Waals surface area contributed by atoms with Crippen molar-refractivity contribution in [3.8, 4) is 11.8 Å². The van der Waals surface area contributed by atoms with Gasteiger partial charge in [-0.1, -0.05) is 32.0 Å². The van der Waals surface area contributed by atoms with Crippen LogP contribution in [0.2, 0.25) is 0 Å². The molecule has 2 heterocycles. The number of aliphatic hydroxyl groups excluding tert-OH is 1. The second-order valence-electron chi connectivity index (χ2n) is 8.32. The molecule has 1 amide bonds. The van der Waals surface area contributed by atoms with Crippen molar-refractivity contribution in [1.82, 2.24) is 4.98 Å². The molecule has 0 spiro atoms. The summed E-state index contributed by atoms with van der Waals surface area (Å²) in [5.41, 5.74) is 1.58. The van der Waals surface area contributed by atoms with E-state index in [-0.39, 0.29) is 11.3 Å². The Labute approximate surface area is 197 Å². The average Bonchev–Trinajstić information content (AvgIpc) is 3.13. The Balaban J connectivity index is 1.84. The molecule has 0 bridgehead atoms. The standard InChI is InChI=1S/C27H23N3O4/c1-17(2)16-34-21-7-5-6-19(14-21)25(31)23-24(22-8-3-4-13-29-22)30(27(33)26(23)32)20-11-9-18(15-28)10-12-20/h3-14,17,24,31H,16H2,1-2H3/b25-23-. The highest BCUT2D eigenvalue weighted by atomic mass is 16.5. The molecule has 1 fully saturated rings. The Hall–Kier alpha value is -4.44. The van der Waals surface area contributed by atoms with Crippen molar-refractivity contribution in [1.29, 1.82) is 5.26 Å². The summed E-state index contributed by atoms with van der Waals surface area (Å²) in [6.45, 7) is 4.56. The lowest BCUT2D eigenvalue weighted by atomic mass is 9.98. The number of hydrogen-bond donors (Lipinski definition) is 1. The van der Waals surface area contributed by atoms with Crippen molar-refractivity contribution < 1.29 is 19.4 Å². The molecule has 7 nitrogen and oxygen atoms in total. The number of carbonyl (C=O) groups is 2. The van der Waals surface area contributed by atoms with E-state index < -0.39 is 17.7 Å². The summed E-state index contributed by atoms with van der Waals surface area (Å²) in [5.74, 6) is -1.03. The highest BCUT2D eigenvalue weighted by Crippen LogP contribution is 2.41. The predicted octanol–water partition coefficient (Wildman–Crippen LogP) is 4.61. The molecule has 1 atom stereocenters. The molecule has 1 aromatic heterocycles. The van der Waals surface area contributed by atoms with Crippen LogP contribution >= 0.6 is 0 Å². The molecule has 1 aliphatic rings. The van der Waals surface area contributed by atoms with E-state index in [1.807, 2.05) is 19.9 Å². The van der Waals surface area contributed by atoms with E-state index in [9.17, 15) is 14.7 Å². The highest BCUT2D eigenvalue weighted by molar-refractivity contribution is 6.51. The number of benzene rings is 2. The molecule has 4 rings (SSSR count). The quantitative estimate of drug-likeness (QED) is 0.332. The van der Waals surface area contributed by atoms with Gasteiger partial charge in [0.1, 0.15) is 17.6 Å². The number of rotatable bonds is 6. The lowest BCUT2D eigenvalue weighted by Crippen LogP contribution is -2.29. The Morgan fingerprint density at radius 2 is 1.88 bits per heavy atom. The number of nitriles is 1. The fraction of sp³-hybridized carbons (Fsp3) is 0.185. The summed E-state index contributed by atoms with van der Waals surface area (Å²) in [5, 5.41) is 20.3. The van der Waals surface area contributed by atoms with Gasteiger partial charge in [0.2, 0.25) is 0 Å². The SMILES string of the molecule is CC(C)COc1cccc(/C(O)=C2/C(=O)C(=O)N(c3ccc(C#N)cc3)C2c2ccccn2)c1. The van der Waals surface area contributed by atoms with Gasteiger partial charge in [-0.05, 0) is 54.4 Å². The Morgan fingerprint density at radius 3 is 2.53 bits per heavy atom. The molecule has 0 radical (unpaired) electrons. The second kappa shape index (κ2) is 9.59. The average molecular weight is 453 g/mol. The number of carbonyl (C=O) groups excluding carboxylic acids is 2. The monoisotopic (exact) mass is 453 g/mol. The first kappa shape index (κ1) is 22.7. The number of Topliss-reactive ketones (excluding diaryl/α,β-unsaturated/α-hetero) is 1. The van der Waals surface area contributed by atoms with E-state index >= 15 is 0 Å². The number of aliphatic hydroxyl groups is 1. The minimum absolute atomic E-state index is 0.0610. The largest absolute Gasteiger partial charge is 0.507 e. The van der Waals surface area contributed by atoms with Gasteiger partial charge in [-0.2, -0.15) is 5.26 Å². The van der Waals surface area contributed by atoms with Gasteiger partial charge < -0.3 is 9.84 Å². The van der Waals surface area contributed by atoms with Crippen LogP contribution in [-0.4, -0.2) is 28.4 Å². The van der Waals surface area contributed by atoms with Crippen LogP contribution in [0, 0.1) is 17.2 Å². The summed E-state index contributed by atoms with van der Waals surface area (Å²) in [7, 11) is 0. The molecular formula is C27H23N3O4.